The zero-order valence-electron chi connectivity index (χ0n) is 11.9. The maximum absolute atomic E-state index is 8.94. The molecule has 1 unspecified atom stereocenters. The number of nitrogens with zero attached hydrogens (tertiary/aromatic N) is 2. The van der Waals surface area contributed by atoms with Gasteiger partial charge in [-0.2, -0.15) is 5.26 Å². The van der Waals surface area contributed by atoms with Crippen LogP contribution in [0.2, 0.25) is 0 Å². The van der Waals surface area contributed by atoms with Crippen molar-refractivity contribution in [3.05, 3.63) is 29.3 Å². The number of hydrogen-bond donors (Lipinski definition) is 0. The summed E-state index contributed by atoms with van der Waals surface area (Å²) in [6, 6.07) is 8.68. The summed E-state index contributed by atoms with van der Waals surface area (Å²) in [5, 5.41) is 8.94. The second-order valence-electron chi connectivity index (χ2n) is 5.32. The summed E-state index contributed by atoms with van der Waals surface area (Å²) in [6.45, 7) is 7.00. The number of rotatable bonds is 5. The second-order valence-corrected chi connectivity index (χ2v) is 5.32. The first-order chi connectivity index (χ1) is 9.20. The highest BCUT2D eigenvalue weighted by Crippen LogP contribution is 2.19. The largest absolute Gasteiger partial charge is 0.492 e. The van der Waals surface area contributed by atoms with Crippen LogP contribution in [0.1, 0.15) is 30.4 Å². The van der Waals surface area contributed by atoms with E-state index in [4.69, 9.17) is 10.00 Å². The molecule has 0 amide bonds. The fourth-order valence-corrected chi connectivity index (χ4v) is 2.50. The molecule has 19 heavy (non-hydrogen) atoms. The van der Waals surface area contributed by atoms with Gasteiger partial charge in [0.1, 0.15) is 12.4 Å². The number of hydrogen-bond acceptors (Lipinski definition) is 3. The molecule has 3 heteroatoms. The van der Waals surface area contributed by atoms with Crippen molar-refractivity contribution >= 4 is 0 Å². The van der Waals surface area contributed by atoms with E-state index in [-0.39, 0.29) is 6.04 Å². The number of likely N-dealkylation sites (tertiary alicyclic amines) is 1. The van der Waals surface area contributed by atoms with E-state index in [0.717, 1.165) is 18.8 Å². The van der Waals surface area contributed by atoms with Crippen LogP contribution in [-0.4, -0.2) is 30.6 Å². The van der Waals surface area contributed by atoms with Crippen LogP contribution in [-0.2, 0) is 0 Å². The lowest BCUT2D eigenvalue weighted by atomic mass is 10.1. The van der Waals surface area contributed by atoms with Crippen molar-refractivity contribution in [2.75, 3.05) is 19.7 Å². The predicted molar refractivity (Wildman–Crippen MR) is 76.2 cm³/mol. The van der Waals surface area contributed by atoms with E-state index in [0.29, 0.717) is 13.0 Å². The standard InChI is InChI=1S/C16H22N2O/c1-13-5-6-16(11-14(13)2)19-12-15(7-8-17)18-9-3-4-10-18/h5-6,11,15H,3-4,7,9-10,12H2,1-2H3. The third-order valence-electron chi connectivity index (χ3n) is 3.90. The van der Waals surface area contributed by atoms with Crippen molar-refractivity contribution in [3.8, 4) is 11.8 Å². The predicted octanol–water partition coefficient (Wildman–Crippen LogP) is 3.06. The number of aryl methyl sites for hydroxylation is 2. The molecular formula is C16H22N2O. The summed E-state index contributed by atoms with van der Waals surface area (Å²) in [5.74, 6) is 0.908. The first kappa shape index (κ1) is 13.9. The van der Waals surface area contributed by atoms with Gasteiger partial charge in [-0.3, -0.25) is 4.90 Å². The minimum Gasteiger partial charge on any atom is -0.492 e. The molecule has 0 bridgehead atoms. The molecule has 1 atom stereocenters. The van der Waals surface area contributed by atoms with E-state index in [1.54, 1.807) is 0 Å². The first-order valence-corrected chi connectivity index (χ1v) is 7.02. The van der Waals surface area contributed by atoms with E-state index in [1.807, 2.05) is 6.07 Å². The fourth-order valence-electron chi connectivity index (χ4n) is 2.50. The van der Waals surface area contributed by atoms with Gasteiger partial charge in [0.15, 0.2) is 0 Å². The van der Waals surface area contributed by atoms with Crippen molar-refractivity contribution in [3.63, 3.8) is 0 Å². The molecule has 3 nitrogen and oxygen atoms in total. The lowest BCUT2D eigenvalue weighted by molar-refractivity contribution is 0.162. The van der Waals surface area contributed by atoms with Crippen LogP contribution in [0.15, 0.2) is 18.2 Å². The van der Waals surface area contributed by atoms with Gasteiger partial charge in [0, 0.05) is 0 Å². The van der Waals surface area contributed by atoms with Crippen molar-refractivity contribution in [2.24, 2.45) is 0 Å². The van der Waals surface area contributed by atoms with E-state index in [2.05, 4.69) is 36.9 Å². The minimum atomic E-state index is 0.231. The van der Waals surface area contributed by atoms with Gasteiger partial charge >= 0.3 is 0 Å². The molecular weight excluding hydrogens is 236 g/mol. The quantitative estimate of drug-likeness (QED) is 0.814. The molecule has 2 rings (SSSR count). The van der Waals surface area contributed by atoms with Gasteiger partial charge in [0.2, 0.25) is 0 Å². The third-order valence-corrected chi connectivity index (χ3v) is 3.90. The molecule has 1 aromatic rings. The highest BCUT2D eigenvalue weighted by Gasteiger charge is 2.22. The molecule has 0 aliphatic carbocycles. The Morgan fingerprint density at radius 1 is 1.26 bits per heavy atom. The molecule has 1 aromatic carbocycles. The molecule has 1 saturated heterocycles. The summed E-state index contributed by atoms with van der Waals surface area (Å²) in [4.78, 5) is 2.38. The van der Waals surface area contributed by atoms with Gasteiger partial charge in [-0.25, -0.2) is 0 Å². The smallest absolute Gasteiger partial charge is 0.119 e. The third kappa shape index (κ3) is 3.71. The number of benzene rings is 1. The van der Waals surface area contributed by atoms with Crippen molar-refractivity contribution < 1.29 is 4.74 Å². The van der Waals surface area contributed by atoms with Crippen molar-refractivity contribution in [2.45, 2.75) is 39.2 Å². The van der Waals surface area contributed by atoms with E-state index < -0.39 is 0 Å². The number of nitriles is 1. The lowest BCUT2D eigenvalue weighted by Gasteiger charge is -2.25. The van der Waals surface area contributed by atoms with Crippen LogP contribution in [0.3, 0.4) is 0 Å². The summed E-state index contributed by atoms with van der Waals surface area (Å²) in [6.07, 6.45) is 3.03. The summed E-state index contributed by atoms with van der Waals surface area (Å²) in [5.41, 5.74) is 2.52. The normalized spacial score (nSPS) is 17.1. The highest BCUT2D eigenvalue weighted by atomic mass is 16.5. The van der Waals surface area contributed by atoms with Gasteiger partial charge in [0.25, 0.3) is 0 Å². The molecule has 0 aromatic heterocycles. The molecule has 1 fully saturated rings. The van der Waals surface area contributed by atoms with Gasteiger partial charge in [-0.15, -0.1) is 0 Å². The Kier molecular flexibility index (Phi) is 4.81. The lowest BCUT2D eigenvalue weighted by Crippen LogP contribution is -2.37. The van der Waals surface area contributed by atoms with Gasteiger partial charge < -0.3 is 4.74 Å². The molecule has 1 aliphatic rings. The first-order valence-electron chi connectivity index (χ1n) is 7.02. The SMILES string of the molecule is Cc1ccc(OCC(CC#N)N2CCCC2)cc1C. The Morgan fingerprint density at radius 3 is 2.63 bits per heavy atom. The topological polar surface area (TPSA) is 36.3 Å². The Labute approximate surface area is 115 Å². The zero-order valence-corrected chi connectivity index (χ0v) is 11.9. The second kappa shape index (κ2) is 6.58. The molecule has 0 radical (unpaired) electrons. The summed E-state index contributed by atoms with van der Waals surface area (Å²) < 4.78 is 5.88. The molecule has 0 N–H and O–H groups in total. The van der Waals surface area contributed by atoms with Crippen LogP contribution < -0.4 is 4.74 Å². The molecule has 102 valence electrons. The van der Waals surface area contributed by atoms with Gasteiger partial charge in [0.05, 0.1) is 18.5 Å². The van der Waals surface area contributed by atoms with E-state index >= 15 is 0 Å². The van der Waals surface area contributed by atoms with Gasteiger partial charge in [-0.05, 0) is 63.0 Å². The zero-order chi connectivity index (χ0) is 13.7. The Bertz CT molecular complexity index is 458. The monoisotopic (exact) mass is 258 g/mol. The average molecular weight is 258 g/mol. The number of ether oxygens (including phenoxy) is 1. The average Bonchev–Trinajstić information content (AvgIpc) is 2.92. The Hall–Kier alpha value is -1.53. The van der Waals surface area contributed by atoms with Crippen LogP contribution >= 0.6 is 0 Å². The molecule has 0 spiro atoms. The fraction of sp³-hybridized carbons (Fsp3) is 0.562. The maximum atomic E-state index is 8.94. The molecule has 1 heterocycles. The maximum Gasteiger partial charge on any atom is 0.119 e. The Balaban J connectivity index is 1.94. The molecule has 0 saturated carbocycles. The summed E-state index contributed by atoms with van der Waals surface area (Å²) in [7, 11) is 0. The van der Waals surface area contributed by atoms with Gasteiger partial charge in [-0.1, -0.05) is 6.07 Å². The van der Waals surface area contributed by atoms with Crippen LogP contribution in [0.5, 0.6) is 5.75 Å². The Morgan fingerprint density at radius 2 is 2.00 bits per heavy atom. The van der Waals surface area contributed by atoms with Crippen molar-refractivity contribution in [1.82, 2.24) is 4.90 Å². The molecule has 1 aliphatic heterocycles. The van der Waals surface area contributed by atoms with Crippen LogP contribution in [0, 0.1) is 25.2 Å². The highest BCUT2D eigenvalue weighted by molar-refractivity contribution is 5.33. The minimum absolute atomic E-state index is 0.231. The van der Waals surface area contributed by atoms with E-state index in [1.165, 1.54) is 24.0 Å². The van der Waals surface area contributed by atoms with Crippen LogP contribution in [0.25, 0.3) is 0 Å². The summed E-state index contributed by atoms with van der Waals surface area (Å²) >= 11 is 0. The van der Waals surface area contributed by atoms with Crippen molar-refractivity contribution in [1.29, 1.82) is 5.26 Å². The van der Waals surface area contributed by atoms with Crippen LogP contribution in [0.4, 0.5) is 0 Å². The van der Waals surface area contributed by atoms with E-state index in [9.17, 15) is 0 Å².